The lowest BCUT2D eigenvalue weighted by molar-refractivity contribution is -0.150. The van der Waals surface area contributed by atoms with E-state index >= 15 is 0 Å². The topological polar surface area (TPSA) is 84.5 Å². The fraction of sp³-hybridized carbons (Fsp3) is 0.382. The van der Waals surface area contributed by atoms with E-state index < -0.39 is 17.9 Å². The Balaban J connectivity index is 1.38. The number of Topliss-reactive ketones (excluding diaryl/α,β-unsaturated/α-hetero) is 1. The summed E-state index contributed by atoms with van der Waals surface area (Å²) in [5.74, 6) is -1.19. The predicted molar refractivity (Wildman–Crippen MR) is 157 cm³/mol. The maximum atomic E-state index is 13.6. The van der Waals surface area contributed by atoms with Crippen molar-refractivity contribution in [1.82, 2.24) is 10.6 Å². The standard InChI is InChI=1S/C34H40N2O4/c1-24(2)17-32(34(39)40-23-26-13-7-4-8-14-26)36-33(38)29(18-25-11-5-3-6-12-25)21-31(37)22-35-30-19-27-15-9-10-16-28(27)20-30/h3-16,24,29-30,32,35H,17-23H2,1-2H3,(H,36,38)/t29-,32+/m0/s1. The van der Waals surface area contributed by atoms with E-state index in [0.717, 1.165) is 24.0 Å². The largest absolute Gasteiger partial charge is 0.459 e. The summed E-state index contributed by atoms with van der Waals surface area (Å²) in [5, 5.41) is 6.33. The summed E-state index contributed by atoms with van der Waals surface area (Å²) in [4.78, 5) is 39.7. The molecule has 0 bridgehead atoms. The number of ether oxygens (including phenoxy) is 1. The molecule has 0 saturated heterocycles. The molecule has 210 valence electrons. The van der Waals surface area contributed by atoms with Crippen molar-refractivity contribution < 1.29 is 19.1 Å². The molecule has 3 aromatic rings. The van der Waals surface area contributed by atoms with Gasteiger partial charge in [-0.2, -0.15) is 0 Å². The number of benzene rings is 3. The van der Waals surface area contributed by atoms with Crippen molar-refractivity contribution in [3.8, 4) is 0 Å². The lowest BCUT2D eigenvalue weighted by Crippen LogP contribution is -2.46. The average Bonchev–Trinajstić information content (AvgIpc) is 3.38. The fourth-order valence-corrected chi connectivity index (χ4v) is 5.27. The molecule has 4 rings (SSSR count). The maximum absolute atomic E-state index is 13.6. The van der Waals surface area contributed by atoms with Crippen molar-refractivity contribution in [2.45, 2.75) is 64.6 Å². The van der Waals surface area contributed by atoms with Crippen LogP contribution in [0.1, 0.15) is 48.9 Å². The zero-order valence-corrected chi connectivity index (χ0v) is 23.5. The zero-order chi connectivity index (χ0) is 28.3. The molecule has 0 unspecified atom stereocenters. The Kier molecular flexibility index (Phi) is 10.6. The molecule has 1 amide bonds. The molecule has 40 heavy (non-hydrogen) atoms. The van der Waals surface area contributed by atoms with Crippen LogP contribution in [0.15, 0.2) is 84.9 Å². The lowest BCUT2D eigenvalue weighted by Gasteiger charge is -2.23. The average molecular weight is 541 g/mol. The van der Waals surface area contributed by atoms with Crippen molar-refractivity contribution >= 4 is 17.7 Å². The van der Waals surface area contributed by atoms with Crippen molar-refractivity contribution in [2.24, 2.45) is 11.8 Å². The maximum Gasteiger partial charge on any atom is 0.328 e. The molecule has 0 saturated carbocycles. The van der Waals surface area contributed by atoms with Crippen LogP contribution in [0.3, 0.4) is 0 Å². The van der Waals surface area contributed by atoms with Crippen LogP contribution in [0.4, 0.5) is 0 Å². The molecule has 1 aliphatic carbocycles. The van der Waals surface area contributed by atoms with Crippen molar-refractivity contribution in [2.75, 3.05) is 6.54 Å². The lowest BCUT2D eigenvalue weighted by atomic mass is 9.92. The molecular weight excluding hydrogens is 500 g/mol. The number of nitrogens with one attached hydrogen (secondary N) is 2. The van der Waals surface area contributed by atoms with Gasteiger partial charge in [-0.15, -0.1) is 0 Å². The summed E-state index contributed by atoms with van der Waals surface area (Å²) in [6, 6.07) is 27.0. The highest BCUT2D eigenvalue weighted by Gasteiger charge is 2.29. The summed E-state index contributed by atoms with van der Waals surface area (Å²) >= 11 is 0. The molecule has 0 spiro atoms. The summed E-state index contributed by atoms with van der Waals surface area (Å²) in [5.41, 5.74) is 4.51. The fourth-order valence-electron chi connectivity index (χ4n) is 5.27. The van der Waals surface area contributed by atoms with E-state index in [1.165, 1.54) is 11.1 Å². The van der Waals surface area contributed by atoms with Crippen LogP contribution in [0.25, 0.3) is 0 Å². The Labute approximate surface area is 237 Å². The first-order chi connectivity index (χ1) is 19.4. The first-order valence-electron chi connectivity index (χ1n) is 14.2. The summed E-state index contributed by atoms with van der Waals surface area (Å²) < 4.78 is 5.56. The van der Waals surface area contributed by atoms with E-state index in [9.17, 15) is 14.4 Å². The van der Waals surface area contributed by atoms with Crippen LogP contribution >= 0.6 is 0 Å². The van der Waals surface area contributed by atoms with Crippen molar-refractivity contribution in [3.63, 3.8) is 0 Å². The van der Waals surface area contributed by atoms with Crippen LogP contribution in [0.5, 0.6) is 0 Å². The first kappa shape index (κ1) is 29.2. The molecule has 6 heteroatoms. The molecule has 0 aliphatic heterocycles. The van der Waals surface area contributed by atoms with Crippen LogP contribution in [-0.2, 0) is 45.0 Å². The minimum absolute atomic E-state index is 0.0147. The SMILES string of the molecule is CC(C)C[C@@H](NC(=O)[C@H](CC(=O)CNC1Cc2ccccc2C1)Cc1ccccc1)C(=O)OCc1ccccc1. The van der Waals surface area contributed by atoms with E-state index in [1.54, 1.807) is 0 Å². The van der Waals surface area contributed by atoms with Gasteiger partial charge in [-0.25, -0.2) is 4.79 Å². The monoisotopic (exact) mass is 540 g/mol. The molecule has 0 heterocycles. The second kappa shape index (κ2) is 14.6. The number of carbonyl (C=O) groups excluding carboxylic acids is 3. The molecule has 1 aliphatic rings. The molecule has 3 aromatic carbocycles. The molecular formula is C34H40N2O4. The van der Waals surface area contributed by atoms with E-state index in [0.29, 0.717) is 12.8 Å². The third-order valence-corrected chi connectivity index (χ3v) is 7.34. The third kappa shape index (κ3) is 8.88. The number of fused-ring (bicyclic) bond motifs is 1. The number of esters is 1. The highest BCUT2D eigenvalue weighted by Crippen LogP contribution is 2.22. The summed E-state index contributed by atoms with van der Waals surface area (Å²) in [7, 11) is 0. The van der Waals surface area contributed by atoms with Gasteiger partial charge >= 0.3 is 5.97 Å². The predicted octanol–water partition coefficient (Wildman–Crippen LogP) is 4.84. The van der Waals surface area contributed by atoms with Gasteiger partial charge < -0.3 is 15.4 Å². The van der Waals surface area contributed by atoms with E-state index in [4.69, 9.17) is 4.74 Å². The Bertz CT molecular complexity index is 1230. The van der Waals surface area contributed by atoms with Crippen molar-refractivity contribution in [1.29, 1.82) is 0 Å². The molecule has 0 radical (unpaired) electrons. The Morgan fingerprint density at radius 1 is 0.825 bits per heavy atom. The Hall–Kier alpha value is -3.77. The van der Waals surface area contributed by atoms with Gasteiger partial charge in [-0.3, -0.25) is 9.59 Å². The van der Waals surface area contributed by atoms with Gasteiger partial charge in [-0.1, -0.05) is 98.8 Å². The second-order valence-electron chi connectivity index (χ2n) is 11.2. The van der Waals surface area contributed by atoms with Gasteiger partial charge in [0.25, 0.3) is 0 Å². The number of rotatable bonds is 14. The number of hydrogen-bond acceptors (Lipinski definition) is 5. The molecule has 0 aromatic heterocycles. The van der Waals surface area contributed by atoms with Crippen LogP contribution in [0, 0.1) is 11.8 Å². The number of ketones is 1. The number of carbonyl (C=O) groups is 3. The minimum atomic E-state index is -0.778. The zero-order valence-electron chi connectivity index (χ0n) is 23.5. The number of amides is 1. The van der Waals surface area contributed by atoms with E-state index in [2.05, 4.69) is 22.8 Å². The van der Waals surface area contributed by atoms with Gasteiger partial charge in [0.15, 0.2) is 0 Å². The van der Waals surface area contributed by atoms with Gasteiger partial charge in [0, 0.05) is 18.4 Å². The Morgan fingerprint density at radius 3 is 2.00 bits per heavy atom. The van der Waals surface area contributed by atoms with Crippen molar-refractivity contribution in [3.05, 3.63) is 107 Å². The third-order valence-electron chi connectivity index (χ3n) is 7.34. The van der Waals surface area contributed by atoms with E-state index in [-0.39, 0.29) is 43.2 Å². The van der Waals surface area contributed by atoms with E-state index in [1.807, 2.05) is 86.6 Å². The highest BCUT2D eigenvalue weighted by atomic mass is 16.5. The molecule has 2 atom stereocenters. The normalized spacial score (nSPS) is 14.4. The highest BCUT2D eigenvalue weighted by molar-refractivity contribution is 5.90. The summed E-state index contributed by atoms with van der Waals surface area (Å²) in [6.45, 7) is 4.36. The van der Waals surface area contributed by atoms with Gasteiger partial charge in [0.05, 0.1) is 6.54 Å². The second-order valence-corrected chi connectivity index (χ2v) is 11.2. The minimum Gasteiger partial charge on any atom is -0.459 e. The Morgan fingerprint density at radius 2 is 1.40 bits per heavy atom. The first-order valence-corrected chi connectivity index (χ1v) is 14.2. The number of hydrogen-bond donors (Lipinski definition) is 2. The van der Waals surface area contributed by atoms with Crippen LogP contribution < -0.4 is 10.6 Å². The van der Waals surface area contributed by atoms with Gasteiger partial charge in [-0.05, 0) is 53.9 Å². The summed E-state index contributed by atoms with van der Waals surface area (Å²) in [6.07, 6.45) is 2.77. The molecule has 6 nitrogen and oxygen atoms in total. The van der Waals surface area contributed by atoms with Gasteiger partial charge in [0.1, 0.15) is 18.4 Å². The smallest absolute Gasteiger partial charge is 0.328 e. The molecule has 0 fully saturated rings. The quantitative estimate of drug-likeness (QED) is 0.286. The molecule has 2 N–H and O–H groups in total. The van der Waals surface area contributed by atoms with Crippen LogP contribution in [-0.4, -0.2) is 36.3 Å². The van der Waals surface area contributed by atoms with Crippen LogP contribution in [0.2, 0.25) is 0 Å². The van der Waals surface area contributed by atoms with Gasteiger partial charge in [0.2, 0.25) is 5.91 Å².